The van der Waals surface area contributed by atoms with Gasteiger partial charge in [0.25, 0.3) is 0 Å². The molecule has 0 spiro atoms. The molecule has 0 radical (unpaired) electrons. The fourth-order valence-corrected chi connectivity index (χ4v) is 16.2. The lowest BCUT2D eigenvalue weighted by atomic mass is 9.43. The Balaban J connectivity index is 1.07. The molecular formula is C82H68BN3S2. The zero-order valence-corrected chi connectivity index (χ0v) is 53.0. The quantitative estimate of drug-likeness (QED) is 0.147. The van der Waals surface area contributed by atoms with Crippen molar-refractivity contribution in [3.63, 3.8) is 0 Å². The molecule has 0 saturated carbocycles. The van der Waals surface area contributed by atoms with Gasteiger partial charge in [0, 0.05) is 91.3 Å². The molecule has 4 heterocycles. The average Bonchev–Trinajstić information content (AvgIpc) is 1.20. The molecule has 0 amide bonds. The molecule has 2 aliphatic rings. The topological polar surface area (TPSA) is 9.72 Å². The van der Waals surface area contributed by atoms with Crippen LogP contribution in [0.1, 0.15) is 79.0 Å². The molecule has 14 aromatic rings. The highest BCUT2D eigenvalue weighted by Gasteiger charge is 2.47. The first-order valence-corrected chi connectivity index (χ1v) is 32.6. The van der Waals surface area contributed by atoms with E-state index in [1.54, 1.807) is 0 Å². The molecular weight excluding hydrogens is 1100 g/mol. The second-order valence-corrected chi connectivity index (χ2v) is 29.6. The summed E-state index contributed by atoms with van der Waals surface area (Å²) >= 11 is 3.81. The van der Waals surface area contributed by atoms with Crippen molar-refractivity contribution in [1.82, 2.24) is 0 Å². The minimum absolute atomic E-state index is 0.0166. The van der Waals surface area contributed by atoms with Crippen LogP contribution in [0.15, 0.2) is 249 Å². The molecule has 3 nitrogen and oxygen atoms in total. The maximum Gasteiger partial charge on any atom is 0.333 e. The Hall–Kier alpha value is -9.20. The van der Waals surface area contributed by atoms with E-state index in [0.29, 0.717) is 0 Å². The maximum atomic E-state index is 2.71. The molecule has 16 rings (SSSR count). The Morgan fingerprint density at radius 1 is 0.330 bits per heavy atom. The summed E-state index contributed by atoms with van der Waals surface area (Å²) < 4.78 is 5.15. The fourth-order valence-electron chi connectivity index (χ4n) is 13.9. The highest BCUT2D eigenvalue weighted by Crippen LogP contribution is 2.54. The highest BCUT2D eigenvalue weighted by atomic mass is 32.1. The highest BCUT2D eigenvalue weighted by molar-refractivity contribution is 7.26. The molecule has 0 bridgehead atoms. The van der Waals surface area contributed by atoms with E-state index in [0.717, 1.165) is 34.1 Å². The van der Waals surface area contributed by atoms with Gasteiger partial charge in [-0.15, -0.1) is 22.7 Å². The fraction of sp³-hybridized carbons (Fsp3) is 0.146. The average molecular weight is 1170 g/mol. The molecule has 2 aromatic heterocycles. The van der Waals surface area contributed by atoms with Crippen molar-refractivity contribution in [2.75, 3.05) is 14.6 Å². The largest absolute Gasteiger partial charge is 0.376 e. The van der Waals surface area contributed by atoms with Gasteiger partial charge in [-0.25, -0.2) is 0 Å². The lowest BCUT2D eigenvalue weighted by molar-refractivity contribution is 0.590. The Kier molecular flexibility index (Phi) is 12.4. The predicted molar refractivity (Wildman–Crippen MR) is 385 cm³/mol. The van der Waals surface area contributed by atoms with Gasteiger partial charge in [-0.05, 0) is 180 Å². The number of thiophene rings is 2. The van der Waals surface area contributed by atoms with Crippen LogP contribution in [0.2, 0.25) is 0 Å². The van der Waals surface area contributed by atoms with Crippen molar-refractivity contribution in [3.05, 3.63) is 265 Å². The number of hydrogen-bond acceptors (Lipinski definition) is 5. The molecule has 0 fully saturated rings. The number of rotatable bonds is 7. The number of nitrogens with zero attached hydrogens (tertiary/aromatic N) is 3. The van der Waals surface area contributed by atoms with Crippen LogP contribution >= 0.6 is 22.7 Å². The van der Waals surface area contributed by atoms with Gasteiger partial charge in [0.05, 0.1) is 5.69 Å². The predicted octanol–water partition coefficient (Wildman–Crippen LogP) is 23.0. The third-order valence-corrected chi connectivity index (χ3v) is 20.9. The molecule has 12 aromatic carbocycles. The third kappa shape index (κ3) is 8.97. The first-order valence-electron chi connectivity index (χ1n) is 31.0. The molecule has 0 aliphatic carbocycles. The van der Waals surface area contributed by atoms with Crippen molar-refractivity contribution in [3.8, 4) is 33.4 Å². The van der Waals surface area contributed by atoms with E-state index in [4.69, 9.17) is 0 Å². The Morgan fingerprint density at radius 2 is 0.852 bits per heavy atom. The van der Waals surface area contributed by atoms with Gasteiger partial charge in [-0.2, -0.15) is 0 Å². The Labute approximate surface area is 525 Å². The summed E-state index contributed by atoms with van der Waals surface area (Å²) in [5, 5.41) is 7.63. The van der Waals surface area contributed by atoms with Crippen LogP contribution in [0.4, 0.5) is 45.5 Å². The zero-order valence-electron chi connectivity index (χ0n) is 51.4. The van der Waals surface area contributed by atoms with Gasteiger partial charge < -0.3 is 14.6 Å². The van der Waals surface area contributed by atoms with Crippen molar-refractivity contribution in [1.29, 1.82) is 0 Å². The van der Waals surface area contributed by atoms with Crippen molar-refractivity contribution >= 4 is 137 Å². The number of fused-ring (bicyclic) bond motifs is 11. The van der Waals surface area contributed by atoms with E-state index >= 15 is 0 Å². The van der Waals surface area contributed by atoms with E-state index in [2.05, 4.69) is 326 Å². The third-order valence-electron chi connectivity index (χ3n) is 18.7. The van der Waals surface area contributed by atoms with Gasteiger partial charge in [0.2, 0.25) is 0 Å². The normalized spacial score (nSPS) is 13.2. The zero-order chi connectivity index (χ0) is 60.0. The second-order valence-electron chi connectivity index (χ2n) is 27.4. The molecule has 2 aliphatic heterocycles. The molecule has 0 atom stereocenters. The monoisotopic (exact) mass is 1170 g/mol. The molecule has 0 N–H and O–H groups in total. The van der Waals surface area contributed by atoms with Crippen molar-refractivity contribution in [2.45, 2.75) is 78.6 Å². The van der Waals surface area contributed by atoms with Crippen LogP contribution in [0.3, 0.4) is 0 Å². The van der Waals surface area contributed by atoms with Gasteiger partial charge in [0.1, 0.15) is 0 Å². The minimum atomic E-state index is -0.240. The van der Waals surface area contributed by atoms with E-state index in [-0.39, 0.29) is 23.1 Å². The van der Waals surface area contributed by atoms with Crippen LogP contribution in [0, 0.1) is 0 Å². The molecule has 0 saturated heterocycles. The summed E-state index contributed by atoms with van der Waals surface area (Å²) in [6, 6.07) is 95.3. The van der Waals surface area contributed by atoms with Crippen LogP contribution < -0.4 is 25.5 Å². The standard InChI is InChI=1S/C82H68BN3S2/c1-80(2,3)56-30-37-59(38-31-56)84(60-39-32-57(33-40-60)81(4,5)6)62-45-69-65-49-77-67(63-26-18-19-27-75(63)87-77)47-72(65)86(61-35-28-52(29-36-61)51-20-12-10-13-21-51)83-70-50-78-68(66-42-54-24-16-17-25-55(54)43-76(66)88-78)48-73(70)85(74(46-62)79(69)83)71-41-34-58(82(7,8)9)44-64(71)53-22-14-11-15-23-53/h10-50H,1-9H3. The molecule has 6 heteroatoms. The second kappa shape index (κ2) is 20.2. The first kappa shape index (κ1) is 54.2. The SMILES string of the molecule is CC(C)(C)c1ccc(N(c2ccc(C(C)(C)C)cc2)c2cc3c4c(c2)N(c2ccc(C(C)(C)C)cc2-c2ccccc2)c2cc5c(cc2B4N(c2ccc(-c4ccccc4)cc2)c2cc4c(cc2-3)sc2ccccc24)sc2cc3ccccc3cc25)cc1. The maximum absolute atomic E-state index is 2.71. The summed E-state index contributed by atoms with van der Waals surface area (Å²) in [6.45, 7) is 20.6. The van der Waals surface area contributed by atoms with Crippen LogP contribution in [-0.2, 0) is 16.2 Å². The smallest absolute Gasteiger partial charge is 0.333 e. The van der Waals surface area contributed by atoms with E-state index < -0.39 is 0 Å². The van der Waals surface area contributed by atoms with Crippen LogP contribution in [0.25, 0.3) is 84.5 Å². The lowest BCUT2D eigenvalue weighted by Gasteiger charge is -2.46. The van der Waals surface area contributed by atoms with Gasteiger partial charge in [-0.1, -0.05) is 208 Å². The minimum Gasteiger partial charge on any atom is -0.376 e. The van der Waals surface area contributed by atoms with Crippen LogP contribution in [0.5, 0.6) is 0 Å². The van der Waals surface area contributed by atoms with E-state index in [1.165, 1.54) is 123 Å². The molecule has 0 unspecified atom stereocenters. The molecule has 88 heavy (non-hydrogen) atoms. The van der Waals surface area contributed by atoms with Gasteiger partial charge in [0.15, 0.2) is 0 Å². The van der Waals surface area contributed by atoms with E-state index in [9.17, 15) is 0 Å². The summed E-state index contributed by atoms with van der Waals surface area (Å²) in [5.41, 5.74) is 22.7. The summed E-state index contributed by atoms with van der Waals surface area (Å²) in [7, 11) is 0. The number of benzene rings is 12. The summed E-state index contributed by atoms with van der Waals surface area (Å²) in [4.78, 5) is 7.91. The Morgan fingerprint density at radius 3 is 1.51 bits per heavy atom. The van der Waals surface area contributed by atoms with Crippen molar-refractivity contribution in [2.24, 2.45) is 0 Å². The van der Waals surface area contributed by atoms with E-state index in [1.807, 2.05) is 22.7 Å². The Bertz CT molecular complexity index is 5020. The molecule has 426 valence electrons. The van der Waals surface area contributed by atoms with Gasteiger partial charge in [-0.3, -0.25) is 0 Å². The van der Waals surface area contributed by atoms with Crippen LogP contribution in [-0.4, -0.2) is 6.85 Å². The number of anilines is 8. The van der Waals surface area contributed by atoms with Crippen molar-refractivity contribution < 1.29 is 0 Å². The summed E-state index contributed by atoms with van der Waals surface area (Å²) in [6.07, 6.45) is 0. The summed E-state index contributed by atoms with van der Waals surface area (Å²) in [5.74, 6) is 0. The number of hydrogen-bond donors (Lipinski definition) is 0. The van der Waals surface area contributed by atoms with Gasteiger partial charge >= 0.3 is 6.85 Å². The first-order chi connectivity index (χ1) is 42.5. The lowest BCUT2D eigenvalue weighted by Crippen LogP contribution is -2.61.